The van der Waals surface area contributed by atoms with Gasteiger partial charge in [-0.05, 0) is 44.0 Å². The molecule has 0 aliphatic carbocycles. The van der Waals surface area contributed by atoms with Crippen LogP contribution in [0.5, 0.6) is 5.75 Å². The zero-order valence-electron chi connectivity index (χ0n) is 9.65. The summed E-state index contributed by atoms with van der Waals surface area (Å²) >= 11 is 0. The fourth-order valence-corrected chi connectivity index (χ4v) is 2.21. The van der Waals surface area contributed by atoms with Crippen LogP contribution in [0, 0.1) is 5.92 Å². The van der Waals surface area contributed by atoms with Crippen LogP contribution in [0.2, 0.25) is 0 Å². The molecule has 0 saturated carbocycles. The number of aromatic amines is 1. The quantitative estimate of drug-likeness (QED) is 0.838. The molecule has 1 fully saturated rings. The Morgan fingerprint density at radius 1 is 1.24 bits per heavy atom. The Hall–Kier alpha value is -1.62. The molecule has 0 spiro atoms. The average molecular weight is 232 g/mol. The van der Waals surface area contributed by atoms with Crippen molar-refractivity contribution in [1.29, 1.82) is 0 Å². The normalized spacial score (nSPS) is 17.4. The Bertz CT molecular complexity index is 490. The number of hydrogen-bond donors (Lipinski definition) is 2. The first-order valence-corrected chi connectivity index (χ1v) is 6.06. The molecule has 5 heteroatoms. The molecule has 2 heterocycles. The zero-order chi connectivity index (χ0) is 11.5. The van der Waals surface area contributed by atoms with E-state index >= 15 is 0 Å². The van der Waals surface area contributed by atoms with Crippen molar-refractivity contribution < 1.29 is 4.74 Å². The Morgan fingerprint density at radius 3 is 3.00 bits per heavy atom. The van der Waals surface area contributed by atoms with E-state index in [1.807, 2.05) is 18.2 Å². The summed E-state index contributed by atoms with van der Waals surface area (Å²) in [5.74, 6) is 1.48. The maximum atomic E-state index is 5.87. The second-order valence-electron chi connectivity index (χ2n) is 4.45. The second kappa shape index (κ2) is 4.71. The average Bonchev–Trinajstić information content (AvgIpc) is 2.86. The van der Waals surface area contributed by atoms with Gasteiger partial charge in [-0.25, -0.2) is 0 Å². The molecule has 3 rings (SSSR count). The molecule has 1 saturated heterocycles. The van der Waals surface area contributed by atoms with E-state index in [-0.39, 0.29) is 0 Å². The standard InChI is InChI=1S/C12H16N4O/c1-2-10-12(15-16-14-10)11(3-1)17-8-9-4-6-13-7-5-9/h1-3,9,13H,4-8H2,(H,14,15,16). The van der Waals surface area contributed by atoms with Gasteiger partial charge in [0.25, 0.3) is 0 Å². The Labute approximate surface area is 99.5 Å². The lowest BCUT2D eigenvalue weighted by Crippen LogP contribution is -2.30. The maximum absolute atomic E-state index is 5.87. The van der Waals surface area contributed by atoms with E-state index in [0.29, 0.717) is 5.92 Å². The van der Waals surface area contributed by atoms with Gasteiger partial charge in [0.05, 0.1) is 6.61 Å². The van der Waals surface area contributed by atoms with Crippen LogP contribution in [-0.4, -0.2) is 35.1 Å². The van der Waals surface area contributed by atoms with Crippen LogP contribution in [0.15, 0.2) is 18.2 Å². The van der Waals surface area contributed by atoms with Crippen LogP contribution in [-0.2, 0) is 0 Å². The van der Waals surface area contributed by atoms with Crippen LogP contribution in [0.25, 0.3) is 11.0 Å². The number of benzene rings is 1. The van der Waals surface area contributed by atoms with Gasteiger partial charge in [0.1, 0.15) is 11.3 Å². The zero-order valence-corrected chi connectivity index (χ0v) is 9.65. The van der Waals surface area contributed by atoms with E-state index in [9.17, 15) is 0 Å². The highest BCUT2D eigenvalue weighted by Crippen LogP contribution is 2.23. The number of para-hydroxylation sites is 1. The summed E-state index contributed by atoms with van der Waals surface area (Å²) in [7, 11) is 0. The summed E-state index contributed by atoms with van der Waals surface area (Å²) in [6, 6.07) is 5.82. The maximum Gasteiger partial charge on any atom is 0.154 e. The monoisotopic (exact) mass is 232 g/mol. The van der Waals surface area contributed by atoms with Gasteiger partial charge in [-0.1, -0.05) is 6.07 Å². The molecule has 0 amide bonds. The van der Waals surface area contributed by atoms with Gasteiger partial charge in [-0.15, -0.1) is 0 Å². The Morgan fingerprint density at radius 2 is 2.12 bits per heavy atom. The minimum absolute atomic E-state index is 0.651. The molecule has 1 aromatic carbocycles. The van der Waals surface area contributed by atoms with Crippen molar-refractivity contribution in [1.82, 2.24) is 20.7 Å². The molecule has 0 radical (unpaired) electrons. The van der Waals surface area contributed by atoms with Crippen molar-refractivity contribution in [2.24, 2.45) is 5.92 Å². The summed E-state index contributed by atoms with van der Waals surface area (Å²) in [5, 5.41) is 14.1. The topological polar surface area (TPSA) is 62.8 Å². The molecule has 5 nitrogen and oxygen atoms in total. The van der Waals surface area contributed by atoms with Crippen molar-refractivity contribution in [2.75, 3.05) is 19.7 Å². The first kappa shape index (κ1) is 10.5. The molecule has 1 aliphatic heterocycles. The number of nitrogens with one attached hydrogen (secondary N) is 2. The molecule has 17 heavy (non-hydrogen) atoms. The van der Waals surface area contributed by atoms with E-state index in [4.69, 9.17) is 4.74 Å². The molecule has 1 aliphatic rings. The summed E-state index contributed by atoms with van der Waals surface area (Å²) in [5.41, 5.74) is 1.68. The third-order valence-corrected chi connectivity index (χ3v) is 3.24. The molecular formula is C12H16N4O. The number of rotatable bonds is 3. The van der Waals surface area contributed by atoms with Gasteiger partial charge in [0, 0.05) is 0 Å². The molecular weight excluding hydrogens is 216 g/mol. The Kier molecular flexibility index (Phi) is 2.92. The summed E-state index contributed by atoms with van der Waals surface area (Å²) in [6.07, 6.45) is 2.38. The van der Waals surface area contributed by atoms with Gasteiger partial charge in [0.2, 0.25) is 0 Å². The van der Waals surface area contributed by atoms with Crippen LogP contribution in [0.1, 0.15) is 12.8 Å². The van der Waals surface area contributed by atoms with Gasteiger partial charge in [-0.2, -0.15) is 15.4 Å². The summed E-state index contributed by atoms with van der Waals surface area (Å²) < 4.78 is 5.87. The number of H-pyrrole nitrogens is 1. The van der Waals surface area contributed by atoms with Crippen LogP contribution < -0.4 is 10.1 Å². The third-order valence-electron chi connectivity index (χ3n) is 3.24. The number of ether oxygens (including phenoxy) is 1. The number of fused-ring (bicyclic) bond motifs is 1. The van der Waals surface area contributed by atoms with Crippen LogP contribution >= 0.6 is 0 Å². The lowest BCUT2D eigenvalue weighted by Gasteiger charge is -2.22. The molecule has 0 atom stereocenters. The van der Waals surface area contributed by atoms with E-state index < -0.39 is 0 Å². The van der Waals surface area contributed by atoms with E-state index in [1.54, 1.807) is 0 Å². The predicted molar refractivity (Wildman–Crippen MR) is 65.0 cm³/mol. The second-order valence-corrected chi connectivity index (χ2v) is 4.45. The first-order valence-electron chi connectivity index (χ1n) is 6.06. The van der Waals surface area contributed by atoms with Crippen molar-refractivity contribution in [3.8, 4) is 5.75 Å². The van der Waals surface area contributed by atoms with Gasteiger partial charge >= 0.3 is 0 Å². The number of aromatic nitrogens is 3. The number of hydrogen-bond acceptors (Lipinski definition) is 4. The number of piperidine rings is 1. The predicted octanol–water partition coefficient (Wildman–Crippen LogP) is 1.34. The molecule has 2 aromatic rings. The summed E-state index contributed by atoms with van der Waals surface area (Å²) in [4.78, 5) is 0. The highest BCUT2D eigenvalue weighted by atomic mass is 16.5. The van der Waals surface area contributed by atoms with Crippen LogP contribution in [0.3, 0.4) is 0 Å². The van der Waals surface area contributed by atoms with Gasteiger partial charge < -0.3 is 10.1 Å². The first-order chi connectivity index (χ1) is 8.43. The third kappa shape index (κ3) is 2.24. The molecule has 2 N–H and O–H groups in total. The Balaban J connectivity index is 1.69. The van der Waals surface area contributed by atoms with Crippen molar-refractivity contribution >= 4 is 11.0 Å². The number of nitrogens with zero attached hydrogens (tertiary/aromatic N) is 2. The molecule has 0 unspecified atom stereocenters. The largest absolute Gasteiger partial charge is 0.491 e. The minimum Gasteiger partial charge on any atom is -0.491 e. The van der Waals surface area contributed by atoms with E-state index in [1.165, 1.54) is 12.8 Å². The van der Waals surface area contributed by atoms with Crippen molar-refractivity contribution in [2.45, 2.75) is 12.8 Å². The summed E-state index contributed by atoms with van der Waals surface area (Å²) in [6.45, 7) is 2.97. The van der Waals surface area contributed by atoms with Crippen LogP contribution in [0.4, 0.5) is 0 Å². The molecule has 90 valence electrons. The lowest BCUT2D eigenvalue weighted by atomic mass is 9.99. The SMILES string of the molecule is c1cc(OCC2CCNCC2)c2n[nH]nc2c1. The van der Waals surface area contributed by atoms with E-state index in [0.717, 1.165) is 36.5 Å². The molecule has 0 bridgehead atoms. The lowest BCUT2D eigenvalue weighted by molar-refractivity contribution is 0.217. The fourth-order valence-electron chi connectivity index (χ4n) is 2.21. The minimum atomic E-state index is 0.651. The highest BCUT2D eigenvalue weighted by molar-refractivity contribution is 5.80. The fraction of sp³-hybridized carbons (Fsp3) is 0.500. The van der Waals surface area contributed by atoms with Gasteiger partial charge in [-0.3, -0.25) is 0 Å². The molecule has 1 aromatic heterocycles. The van der Waals surface area contributed by atoms with Crippen molar-refractivity contribution in [3.05, 3.63) is 18.2 Å². The smallest absolute Gasteiger partial charge is 0.154 e. The van der Waals surface area contributed by atoms with Crippen molar-refractivity contribution in [3.63, 3.8) is 0 Å². The van der Waals surface area contributed by atoms with E-state index in [2.05, 4.69) is 20.7 Å². The highest BCUT2D eigenvalue weighted by Gasteiger charge is 2.14. The van der Waals surface area contributed by atoms with Gasteiger partial charge in [0.15, 0.2) is 5.52 Å².